The average molecular weight is 340 g/mol. The standard InChI is InChI=1S/C16H19F3N4O/c1-11(2)15(12-4-3-5-13(10-12)16(17,18)19)21-14(24)6-8-23-9-7-20-22-23/h3-5,7,9-11,15H,6,8H2,1-2H3,(H,21,24)/t15-/m1/s1. The zero-order valence-electron chi connectivity index (χ0n) is 13.4. The summed E-state index contributed by atoms with van der Waals surface area (Å²) in [5.41, 5.74) is -0.281. The molecule has 0 aliphatic rings. The maximum atomic E-state index is 12.9. The second kappa shape index (κ2) is 7.46. The second-order valence-electron chi connectivity index (χ2n) is 5.83. The zero-order chi connectivity index (χ0) is 17.7. The predicted molar refractivity (Wildman–Crippen MR) is 81.8 cm³/mol. The van der Waals surface area contributed by atoms with Crippen molar-refractivity contribution in [3.63, 3.8) is 0 Å². The fraction of sp³-hybridized carbons (Fsp3) is 0.438. The van der Waals surface area contributed by atoms with Gasteiger partial charge in [-0.25, -0.2) is 0 Å². The Bertz CT molecular complexity index is 668. The molecular weight excluding hydrogens is 321 g/mol. The quantitative estimate of drug-likeness (QED) is 0.878. The first-order valence-corrected chi connectivity index (χ1v) is 7.58. The highest BCUT2D eigenvalue weighted by molar-refractivity contribution is 5.76. The molecule has 5 nitrogen and oxygen atoms in total. The van der Waals surface area contributed by atoms with Crippen molar-refractivity contribution in [3.05, 3.63) is 47.8 Å². The summed E-state index contributed by atoms with van der Waals surface area (Å²) in [5.74, 6) is -0.301. The molecule has 0 radical (unpaired) electrons. The van der Waals surface area contributed by atoms with Crippen molar-refractivity contribution in [2.24, 2.45) is 5.92 Å². The van der Waals surface area contributed by atoms with Crippen LogP contribution in [0.5, 0.6) is 0 Å². The molecule has 0 spiro atoms. The molecule has 0 aliphatic heterocycles. The van der Waals surface area contributed by atoms with Crippen LogP contribution in [0.4, 0.5) is 13.2 Å². The van der Waals surface area contributed by atoms with E-state index in [-0.39, 0.29) is 18.2 Å². The van der Waals surface area contributed by atoms with Crippen LogP contribution in [0.3, 0.4) is 0 Å². The smallest absolute Gasteiger partial charge is 0.349 e. The topological polar surface area (TPSA) is 59.8 Å². The van der Waals surface area contributed by atoms with Gasteiger partial charge in [0.2, 0.25) is 5.91 Å². The fourth-order valence-corrected chi connectivity index (χ4v) is 2.36. The number of carbonyl (C=O) groups is 1. The lowest BCUT2D eigenvalue weighted by atomic mass is 9.94. The summed E-state index contributed by atoms with van der Waals surface area (Å²) in [6, 6.07) is 4.57. The Kier molecular flexibility index (Phi) is 5.58. The number of aromatic nitrogens is 3. The van der Waals surface area contributed by atoms with Gasteiger partial charge in [0.1, 0.15) is 0 Å². The van der Waals surface area contributed by atoms with Crippen LogP contribution in [0, 0.1) is 5.92 Å². The molecule has 130 valence electrons. The second-order valence-corrected chi connectivity index (χ2v) is 5.83. The lowest BCUT2D eigenvalue weighted by Gasteiger charge is -2.24. The van der Waals surface area contributed by atoms with Gasteiger partial charge in [0.25, 0.3) is 0 Å². The molecule has 0 saturated heterocycles. The van der Waals surface area contributed by atoms with Gasteiger partial charge in [0.05, 0.1) is 24.3 Å². The highest BCUT2D eigenvalue weighted by Crippen LogP contribution is 2.32. The highest BCUT2D eigenvalue weighted by atomic mass is 19.4. The molecule has 0 saturated carbocycles. The van der Waals surface area contributed by atoms with Crippen LogP contribution < -0.4 is 5.32 Å². The van der Waals surface area contributed by atoms with E-state index in [1.165, 1.54) is 16.9 Å². The van der Waals surface area contributed by atoms with Crippen molar-refractivity contribution >= 4 is 5.91 Å². The molecule has 1 heterocycles. The number of nitrogens with zero attached hydrogens (tertiary/aromatic N) is 3. The minimum absolute atomic E-state index is 0.0520. The number of nitrogens with one attached hydrogen (secondary N) is 1. The summed E-state index contributed by atoms with van der Waals surface area (Å²) in [6.45, 7) is 4.06. The minimum Gasteiger partial charge on any atom is -0.349 e. The molecule has 2 aromatic rings. The van der Waals surface area contributed by atoms with Crippen LogP contribution in [-0.4, -0.2) is 20.9 Å². The Morgan fingerprint density at radius 2 is 2.08 bits per heavy atom. The number of rotatable bonds is 6. The molecule has 1 atom stereocenters. The molecule has 8 heteroatoms. The molecule has 0 bridgehead atoms. The van der Waals surface area contributed by atoms with E-state index in [1.807, 2.05) is 13.8 Å². The van der Waals surface area contributed by atoms with E-state index >= 15 is 0 Å². The molecule has 2 rings (SSSR count). The largest absolute Gasteiger partial charge is 0.416 e. The maximum Gasteiger partial charge on any atom is 0.416 e. The van der Waals surface area contributed by atoms with E-state index in [9.17, 15) is 18.0 Å². The van der Waals surface area contributed by atoms with Gasteiger partial charge >= 0.3 is 6.18 Å². The SMILES string of the molecule is CC(C)[C@@H](NC(=O)CCn1ccnn1)c1cccc(C(F)(F)F)c1. The van der Waals surface area contributed by atoms with Crippen LogP contribution in [0.1, 0.15) is 37.4 Å². The lowest BCUT2D eigenvalue weighted by Crippen LogP contribution is -2.32. The van der Waals surface area contributed by atoms with Crippen molar-refractivity contribution in [2.75, 3.05) is 0 Å². The summed E-state index contributed by atoms with van der Waals surface area (Å²) >= 11 is 0. The lowest BCUT2D eigenvalue weighted by molar-refractivity contribution is -0.137. The van der Waals surface area contributed by atoms with Gasteiger partial charge in [-0.1, -0.05) is 31.2 Å². The summed E-state index contributed by atoms with van der Waals surface area (Å²) in [6.07, 6.45) is -1.09. The first-order valence-electron chi connectivity index (χ1n) is 7.58. The monoisotopic (exact) mass is 340 g/mol. The molecule has 24 heavy (non-hydrogen) atoms. The highest BCUT2D eigenvalue weighted by Gasteiger charge is 2.31. The number of hydrogen-bond acceptors (Lipinski definition) is 3. The van der Waals surface area contributed by atoms with Crippen LogP contribution in [0.2, 0.25) is 0 Å². The molecule has 1 amide bonds. The summed E-state index contributed by atoms with van der Waals surface area (Å²) in [7, 11) is 0. The van der Waals surface area contributed by atoms with Crippen molar-refractivity contribution in [1.29, 1.82) is 0 Å². The molecule has 0 unspecified atom stereocenters. The molecule has 1 aromatic carbocycles. The number of aryl methyl sites for hydroxylation is 1. The van der Waals surface area contributed by atoms with Crippen molar-refractivity contribution in [1.82, 2.24) is 20.3 Å². The molecule has 0 aliphatic carbocycles. The minimum atomic E-state index is -4.41. The van der Waals surface area contributed by atoms with Gasteiger partial charge in [-0.05, 0) is 23.6 Å². The normalized spacial score (nSPS) is 13.1. The first-order chi connectivity index (χ1) is 11.3. The Hall–Kier alpha value is -2.38. The Morgan fingerprint density at radius 3 is 2.67 bits per heavy atom. The van der Waals surface area contributed by atoms with E-state index in [1.54, 1.807) is 12.3 Å². The third-order valence-corrected chi connectivity index (χ3v) is 3.60. The Balaban J connectivity index is 2.07. The predicted octanol–water partition coefficient (Wildman–Crippen LogP) is 3.20. The average Bonchev–Trinajstić information content (AvgIpc) is 3.03. The van der Waals surface area contributed by atoms with Gasteiger partial charge in [0, 0.05) is 12.6 Å². The number of carbonyl (C=O) groups excluding carboxylic acids is 1. The summed E-state index contributed by atoms with van der Waals surface area (Å²) < 4.78 is 40.1. The number of amides is 1. The molecule has 1 aromatic heterocycles. The van der Waals surface area contributed by atoms with Crippen molar-refractivity contribution in [3.8, 4) is 0 Å². The third kappa shape index (κ3) is 4.81. The van der Waals surface area contributed by atoms with Crippen molar-refractivity contribution in [2.45, 2.75) is 39.0 Å². The van der Waals surface area contributed by atoms with E-state index in [0.717, 1.165) is 12.1 Å². The number of alkyl halides is 3. The summed E-state index contributed by atoms with van der Waals surface area (Å²) in [4.78, 5) is 12.1. The van der Waals surface area contributed by atoms with Gasteiger partial charge in [-0.3, -0.25) is 9.48 Å². The summed E-state index contributed by atoms with van der Waals surface area (Å²) in [5, 5.41) is 10.2. The van der Waals surface area contributed by atoms with E-state index < -0.39 is 17.8 Å². The fourth-order valence-electron chi connectivity index (χ4n) is 2.36. The van der Waals surface area contributed by atoms with Crippen LogP contribution >= 0.6 is 0 Å². The molecule has 1 N–H and O–H groups in total. The Morgan fingerprint density at radius 1 is 1.33 bits per heavy atom. The van der Waals surface area contributed by atoms with E-state index in [4.69, 9.17) is 0 Å². The third-order valence-electron chi connectivity index (χ3n) is 3.60. The van der Waals surface area contributed by atoms with Gasteiger partial charge in [-0.15, -0.1) is 5.10 Å². The van der Waals surface area contributed by atoms with Gasteiger partial charge < -0.3 is 5.32 Å². The Labute approximate surface area is 137 Å². The van der Waals surface area contributed by atoms with Crippen LogP contribution in [0.25, 0.3) is 0 Å². The first kappa shape index (κ1) is 18.0. The van der Waals surface area contributed by atoms with E-state index in [0.29, 0.717) is 12.1 Å². The van der Waals surface area contributed by atoms with Gasteiger partial charge in [-0.2, -0.15) is 13.2 Å². The zero-order valence-corrected chi connectivity index (χ0v) is 13.4. The van der Waals surface area contributed by atoms with Crippen LogP contribution in [-0.2, 0) is 17.5 Å². The number of hydrogen-bond donors (Lipinski definition) is 1. The maximum absolute atomic E-state index is 12.9. The van der Waals surface area contributed by atoms with E-state index in [2.05, 4.69) is 15.6 Å². The molecule has 0 fully saturated rings. The van der Waals surface area contributed by atoms with Gasteiger partial charge in [0.15, 0.2) is 0 Å². The van der Waals surface area contributed by atoms with Crippen LogP contribution in [0.15, 0.2) is 36.7 Å². The number of benzene rings is 1. The molecular formula is C16H19F3N4O. The number of halogens is 3. The van der Waals surface area contributed by atoms with Crippen molar-refractivity contribution < 1.29 is 18.0 Å².